The molecule has 0 atom stereocenters. The molecule has 0 bridgehead atoms. The topological polar surface area (TPSA) is 113 Å². The van der Waals surface area contributed by atoms with E-state index in [9.17, 15) is 22.0 Å². The van der Waals surface area contributed by atoms with Crippen LogP contribution in [-0.2, 0) is 9.84 Å². The van der Waals surface area contributed by atoms with Crippen LogP contribution in [0, 0.1) is 23.0 Å². The van der Waals surface area contributed by atoms with Gasteiger partial charge in [-0.15, -0.1) is 0 Å². The molecule has 0 spiro atoms. The fourth-order valence-corrected chi connectivity index (χ4v) is 3.17. The number of carbonyl (C=O) groups is 1. The summed E-state index contributed by atoms with van der Waals surface area (Å²) in [6.07, 6.45) is 0. The van der Waals surface area contributed by atoms with Crippen molar-refractivity contribution in [3.8, 4) is 6.07 Å². The first-order valence-corrected chi connectivity index (χ1v) is 7.54. The van der Waals surface area contributed by atoms with E-state index in [-0.39, 0.29) is 16.1 Å². The van der Waals surface area contributed by atoms with Gasteiger partial charge in [-0.3, -0.25) is 0 Å². The predicted octanol–water partition coefficient (Wildman–Crippen LogP) is 2.16. The summed E-state index contributed by atoms with van der Waals surface area (Å²) in [5.41, 5.74) is 4.79. The molecular weight excluding hydrogens is 328 g/mol. The third kappa shape index (κ3) is 3.44. The monoisotopic (exact) mass is 337 g/mol. The lowest BCUT2D eigenvalue weighted by Crippen LogP contribution is -2.20. The number of nitriles is 1. The van der Waals surface area contributed by atoms with Crippen molar-refractivity contribution in [2.75, 3.05) is 5.32 Å². The number of primary amides is 1. The highest BCUT2D eigenvalue weighted by atomic mass is 32.2. The fraction of sp³-hybridized carbons (Fsp3) is 0. The van der Waals surface area contributed by atoms with Crippen molar-refractivity contribution in [3.05, 3.63) is 53.6 Å². The standard InChI is InChI=1S/C14H9F2N3O3S/c15-9-4-10(16)6-12(5-9)23(21,22)11-1-2-13(19-14(18)20)8(3-11)7-17/h1-6H,(H3,18,19,20). The molecule has 3 N–H and O–H groups in total. The number of rotatable bonds is 3. The Labute approximate surface area is 130 Å². The fourth-order valence-electron chi connectivity index (χ4n) is 1.84. The summed E-state index contributed by atoms with van der Waals surface area (Å²) in [4.78, 5) is 9.87. The minimum Gasteiger partial charge on any atom is -0.351 e. The molecule has 0 fully saturated rings. The summed E-state index contributed by atoms with van der Waals surface area (Å²) < 4.78 is 51.2. The molecule has 0 radical (unpaired) electrons. The van der Waals surface area contributed by atoms with Gasteiger partial charge in [0.2, 0.25) is 9.84 Å². The normalized spacial score (nSPS) is 10.8. The van der Waals surface area contributed by atoms with Crippen molar-refractivity contribution < 1.29 is 22.0 Å². The maximum atomic E-state index is 13.2. The molecule has 0 aliphatic carbocycles. The SMILES string of the molecule is N#Cc1cc(S(=O)(=O)c2cc(F)cc(F)c2)ccc1NC(N)=O. The van der Waals surface area contributed by atoms with Crippen molar-refractivity contribution >= 4 is 21.6 Å². The van der Waals surface area contributed by atoms with Crippen LogP contribution in [0.3, 0.4) is 0 Å². The van der Waals surface area contributed by atoms with Gasteiger partial charge in [0.1, 0.15) is 17.7 Å². The number of sulfone groups is 1. The lowest BCUT2D eigenvalue weighted by molar-refractivity contribution is 0.259. The summed E-state index contributed by atoms with van der Waals surface area (Å²) in [5.74, 6) is -2.09. The Morgan fingerprint density at radius 3 is 2.22 bits per heavy atom. The number of benzene rings is 2. The summed E-state index contributed by atoms with van der Waals surface area (Å²) in [6.45, 7) is 0. The summed E-state index contributed by atoms with van der Waals surface area (Å²) >= 11 is 0. The van der Waals surface area contributed by atoms with Gasteiger partial charge in [-0.1, -0.05) is 0 Å². The van der Waals surface area contributed by atoms with Crippen LogP contribution >= 0.6 is 0 Å². The number of amides is 2. The van der Waals surface area contributed by atoms with Crippen molar-refractivity contribution in [2.24, 2.45) is 5.73 Å². The molecule has 0 saturated heterocycles. The minimum atomic E-state index is -4.24. The zero-order valence-corrected chi connectivity index (χ0v) is 12.2. The van der Waals surface area contributed by atoms with Crippen molar-refractivity contribution in [1.82, 2.24) is 0 Å². The number of halogens is 2. The Morgan fingerprint density at radius 2 is 1.70 bits per heavy atom. The quantitative estimate of drug-likeness (QED) is 0.893. The molecule has 2 rings (SSSR count). The summed E-state index contributed by atoms with van der Waals surface area (Å²) in [7, 11) is -4.24. The first-order chi connectivity index (χ1) is 10.7. The number of carbonyl (C=O) groups excluding carboxylic acids is 1. The number of anilines is 1. The van der Waals surface area contributed by atoms with Crippen LogP contribution in [-0.4, -0.2) is 14.4 Å². The first kappa shape index (κ1) is 16.4. The van der Waals surface area contributed by atoms with Crippen LogP contribution in [0.1, 0.15) is 5.56 Å². The molecule has 6 nitrogen and oxygen atoms in total. The lowest BCUT2D eigenvalue weighted by Gasteiger charge is -2.09. The van der Waals surface area contributed by atoms with Gasteiger partial charge in [-0.05, 0) is 30.3 Å². The molecule has 0 saturated carbocycles. The number of nitrogens with zero attached hydrogens (tertiary/aromatic N) is 1. The number of nitrogens with one attached hydrogen (secondary N) is 1. The van der Waals surface area contributed by atoms with Gasteiger partial charge in [0.05, 0.1) is 21.0 Å². The van der Waals surface area contributed by atoms with Crippen molar-refractivity contribution in [3.63, 3.8) is 0 Å². The number of urea groups is 1. The molecule has 0 heterocycles. The second kappa shape index (κ2) is 6.02. The highest BCUT2D eigenvalue weighted by Crippen LogP contribution is 2.26. The Balaban J connectivity index is 2.56. The van der Waals surface area contributed by atoms with Gasteiger partial charge >= 0.3 is 6.03 Å². The Hall–Kier alpha value is -2.99. The first-order valence-electron chi connectivity index (χ1n) is 6.06. The Kier molecular flexibility index (Phi) is 4.29. The second-order valence-electron chi connectivity index (χ2n) is 4.42. The van der Waals surface area contributed by atoms with Crippen LogP contribution in [0.4, 0.5) is 19.3 Å². The molecule has 118 valence electrons. The van der Waals surface area contributed by atoms with E-state index in [1.807, 2.05) is 0 Å². The van der Waals surface area contributed by atoms with Crippen LogP contribution < -0.4 is 11.1 Å². The molecule has 0 aliphatic rings. The summed E-state index contributed by atoms with van der Waals surface area (Å²) in [5, 5.41) is 11.2. The van der Waals surface area contributed by atoms with Gasteiger partial charge < -0.3 is 11.1 Å². The zero-order chi connectivity index (χ0) is 17.2. The van der Waals surface area contributed by atoms with Crippen LogP contribution in [0.2, 0.25) is 0 Å². The third-order valence-electron chi connectivity index (χ3n) is 2.83. The largest absolute Gasteiger partial charge is 0.351 e. The van der Waals surface area contributed by atoms with Crippen LogP contribution in [0.25, 0.3) is 0 Å². The molecule has 0 unspecified atom stereocenters. The van der Waals surface area contributed by atoms with Crippen LogP contribution in [0.15, 0.2) is 46.2 Å². The lowest BCUT2D eigenvalue weighted by atomic mass is 10.2. The molecule has 9 heteroatoms. The average Bonchev–Trinajstić information content (AvgIpc) is 2.45. The number of hydrogen-bond acceptors (Lipinski definition) is 4. The molecule has 0 aliphatic heterocycles. The molecular formula is C14H9F2N3O3S. The van der Waals surface area contributed by atoms with E-state index in [0.717, 1.165) is 18.2 Å². The molecule has 0 aromatic heterocycles. The highest BCUT2D eigenvalue weighted by molar-refractivity contribution is 7.91. The van der Waals surface area contributed by atoms with Gasteiger partial charge in [-0.2, -0.15) is 5.26 Å². The van der Waals surface area contributed by atoms with E-state index in [4.69, 9.17) is 11.0 Å². The van der Waals surface area contributed by atoms with E-state index in [1.165, 1.54) is 0 Å². The number of hydrogen-bond donors (Lipinski definition) is 2. The molecule has 2 aromatic rings. The van der Waals surface area contributed by atoms with Gasteiger partial charge in [0.15, 0.2) is 0 Å². The molecule has 2 aromatic carbocycles. The smallest absolute Gasteiger partial charge is 0.316 e. The van der Waals surface area contributed by atoms with E-state index >= 15 is 0 Å². The maximum Gasteiger partial charge on any atom is 0.316 e. The second-order valence-corrected chi connectivity index (χ2v) is 6.37. The van der Waals surface area contributed by atoms with Gasteiger partial charge in [0, 0.05) is 6.07 Å². The highest BCUT2D eigenvalue weighted by Gasteiger charge is 2.21. The predicted molar refractivity (Wildman–Crippen MR) is 76.2 cm³/mol. The van der Waals surface area contributed by atoms with Crippen molar-refractivity contribution in [2.45, 2.75) is 9.79 Å². The minimum absolute atomic E-state index is 0.0179. The number of nitrogens with two attached hydrogens (primary N) is 1. The molecule has 2 amide bonds. The van der Waals surface area contributed by atoms with Crippen molar-refractivity contribution in [1.29, 1.82) is 5.26 Å². The third-order valence-corrected chi connectivity index (χ3v) is 4.56. The maximum absolute atomic E-state index is 13.2. The van der Waals surface area contributed by atoms with Crippen LogP contribution in [0.5, 0.6) is 0 Å². The van der Waals surface area contributed by atoms with E-state index < -0.39 is 32.4 Å². The van der Waals surface area contributed by atoms with E-state index in [2.05, 4.69) is 5.32 Å². The molecule has 23 heavy (non-hydrogen) atoms. The van der Waals surface area contributed by atoms with Gasteiger partial charge in [0.25, 0.3) is 0 Å². The Bertz CT molecular complexity index is 917. The van der Waals surface area contributed by atoms with Gasteiger partial charge in [-0.25, -0.2) is 22.0 Å². The average molecular weight is 337 g/mol. The Morgan fingerprint density at radius 1 is 1.09 bits per heavy atom. The zero-order valence-electron chi connectivity index (χ0n) is 11.4. The van der Waals surface area contributed by atoms with E-state index in [1.54, 1.807) is 6.07 Å². The van der Waals surface area contributed by atoms with E-state index in [0.29, 0.717) is 18.2 Å². The summed E-state index contributed by atoms with van der Waals surface area (Å²) in [6, 6.07) is 5.87.